The Morgan fingerprint density at radius 1 is 1.25 bits per heavy atom. The van der Waals surface area contributed by atoms with Crippen LogP contribution in [0.4, 0.5) is 0 Å². The summed E-state index contributed by atoms with van der Waals surface area (Å²) in [5.41, 5.74) is 1.34. The van der Waals surface area contributed by atoms with Crippen LogP contribution in [0, 0.1) is 0 Å². The Bertz CT molecular complexity index is 425. The van der Waals surface area contributed by atoms with Crippen molar-refractivity contribution in [2.45, 2.75) is 45.2 Å². The summed E-state index contributed by atoms with van der Waals surface area (Å²) in [5, 5.41) is 3.51. The lowest BCUT2D eigenvalue weighted by Gasteiger charge is -2.42. The lowest BCUT2D eigenvalue weighted by molar-refractivity contribution is 0.109. The molecule has 1 saturated heterocycles. The normalized spacial score (nSPS) is 18.2. The molecule has 3 nitrogen and oxygen atoms in total. The fraction of sp³-hybridized carbons (Fsp3) is 0.647. The predicted molar refractivity (Wildman–Crippen MR) is 84.3 cm³/mol. The molecular weight excluding hydrogens is 248 g/mol. The summed E-state index contributed by atoms with van der Waals surface area (Å²) < 4.78 is 5.82. The minimum atomic E-state index is 0.0818. The number of hydrogen-bond acceptors (Lipinski definition) is 3. The lowest BCUT2D eigenvalue weighted by atomic mass is 9.86. The van der Waals surface area contributed by atoms with Crippen molar-refractivity contribution in [3.8, 4) is 5.75 Å². The highest BCUT2D eigenvalue weighted by atomic mass is 16.5. The number of nitrogens with one attached hydrogen (secondary N) is 1. The van der Waals surface area contributed by atoms with E-state index in [1.165, 1.54) is 31.5 Å². The minimum absolute atomic E-state index is 0.0818. The first-order chi connectivity index (χ1) is 9.61. The summed E-state index contributed by atoms with van der Waals surface area (Å²) in [7, 11) is 2.05. The SMILES string of the molecule is CCOc1ccccc1C(NC)C(C)(C)N1CCCC1. The number of nitrogens with zero attached hydrogens (tertiary/aromatic N) is 1. The summed E-state index contributed by atoms with van der Waals surface area (Å²) >= 11 is 0. The van der Waals surface area contributed by atoms with E-state index in [9.17, 15) is 0 Å². The molecule has 0 bridgehead atoms. The highest BCUT2D eigenvalue weighted by Crippen LogP contribution is 2.37. The number of benzene rings is 1. The van der Waals surface area contributed by atoms with E-state index in [4.69, 9.17) is 4.74 Å². The number of ether oxygens (including phenoxy) is 1. The molecule has 0 amide bonds. The van der Waals surface area contributed by atoms with Gasteiger partial charge in [0.1, 0.15) is 5.75 Å². The van der Waals surface area contributed by atoms with Crippen LogP contribution in [0.5, 0.6) is 5.75 Å². The van der Waals surface area contributed by atoms with Crippen LogP contribution < -0.4 is 10.1 Å². The average molecular weight is 276 g/mol. The van der Waals surface area contributed by atoms with Crippen LogP contribution in [0.25, 0.3) is 0 Å². The van der Waals surface area contributed by atoms with Gasteiger partial charge in [-0.3, -0.25) is 4.90 Å². The molecular formula is C17H28N2O. The first-order valence-electron chi connectivity index (χ1n) is 7.75. The number of para-hydroxylation sites is 1. The Hall–Kier alpha value is -1.06. The molecule has 0 aliphatic carbocycles. The maximum absolute atomic E-state index is 5.82. The summed E-state index contributed by atoms with van der Waals surface area (Å²) in [4.78, 5) is 2.59. The Morgan fingerprint density at radius 3 is 2.50 bits per heavy atom. The van der Waals surface area contributed by atoms with Crippen LogP contribution >= 0.6 is 0 Å². The summed E-state index contributed by atoms with van der Waals surface area (Å²) in [6, 6.07) is 8.67. The number of rotatable bonds is 6. The van der Waals surface area contributed by atoms with Crippen LogP contribution in [-0.4, -0.2) is 37.2 Å². The molecule has 0 saturated carbocycles. The molecule has 0 radical (unpaired) electrons. The van der Waals surface area contributed by atoms with Gasteiger partial charge < -0.3 is 10.1 Å². The van der Waals surface area contributed by atoms with E-state index in [-0.39, 0.29) is 11.6 Å². The molecule has 1 fully saturated rings. The maximum atomic E-state index is 5.82. The van der Waals surface area contributed by atoms with Gasteiger partial charge in [0.2, 0.25) is 0 Å². The number of likely N-dealkylation sites (tertiary alicyclic amines) is 1. The Morgan fingerprint density at radius 2 is 1.90 bits per heavy atom. The Kier molecular flexibility index (Phi) is 5.06. The Balaban J connectivity index is 2.31. The molecule has 1 heterocycles. The van der Waals surface area contributed by atoms with Crippen LogP contribution in [0.1, 0.15) is 45.2 Å². The zero-order valence-corrected chi connectivity index (χ0v) is 13.3. The van der Waals surface area contributed by atoms with Gasteiger partial charge in [0.25, 0.3) is 0 Å². The van der Waals surface area contributed by atoms with E-state index < -0.39 is 0 Å². The van der Waals surface area contributed by atoms with Gasteiger partial charge in [0.15, 0.2) is 0 Å². The van der Waals surface area contributed by atoms with Crippen LogP contribution in [0.2, 0.25) is 0 Å². The Labute approximate surface area is 123 Å². The van der Waals surface area contributed by atoms with Crippen molar-refractivity contribution in [3.63, 3.8) is 0 Å². The molecule has 1 aromatic rings. The second-order valence-electron chi connectivity index (χ2n) is 6.04. The van der Waals surface area contributed by atoms with Crippen molar-refractivity contribution < 1.29 is 4.74 Å². The van der Waals surface area contributed by atoms with Crippen molar-refractivity contribution in [2.75, 3.05) is 26.7 Å². The van der Waals surface area contributed by atoms with Gasteiger partial charge in [-0.2, -0.15) is 0 Å². The molecule has 112 valence electrons. The van der Waals surface area contributed by atoms with Gasteiger partial charge in [0.05, 0.1) is 12.6 Å². The summed E-state index contributed by atoms with van der Waals surface area (Å²) in [6.45, 7) is 9.81. The van der Waals surface area contributed by atoms with Crippen molar-refractivity contribution in [1.82, 2.24) is 10.2 Å². The average Bonchev–Trinajstić information content (AvgIpc) is 2.96. The summed E-state index contributed by atoms with van der Waals surface area (Å²) in [5.74, 6) is 1.00. The van der Waals surface area contributed by atoms with Gasteiger partial charge in [-0.25, -0.2) is 0 Å². The van der Waals surface area contributed by atoms with Gasteiger partial charge in [-0.15, -0.1) is 0 Å². The molecule has 1 aliphatic rings. The second-order valence-corrected chi connectivity index (χ2v) is 6.04. The molecule has 2 rings (SSSR count). The molecule has 1 aromatic carbocycles. The van der Waals surface area contributed by atoms with E-state index in [1.807, 2.05) is 20.0 Å². The second kappa shape index (κ2) is 6.59. The fourth-order valence-electron chi connectivity index (χ4n) is 3.37. The van der Waals surface area contributed by atoms with E-state index in [0.717, 1.165) is 5.75 Å². The molecule has 0 aromatic heterocycles. The van der Waals surface area contributed by atoms with E-state index >= 15 is 0 Å². The molecule has 3 heteroatoms. The molecule has 1 aliphatic heterocycles. The van der Waals surface area contributed by atoms with Gasteiger partial charge in [-0.1, -0.05) is 18.2 Å². The zero-order chi connectivity index (χ0) is 14.6. The maximum Gasteiger partial charge on any atom is 0.124 e. The molecule has 1 atom stereocenters. The van der Waals surface area contributed by atoms with Crippen LogP contribution in [-0.2, 0) is 0 Å². The number of hydrogen-bond donors (Lipinski definition) is 1. The third-order valence-corrected chi connectivity index (χ3v) is 4.45. The first kappa shape index (κ1) is 15.3. The largest absolute Gasteiger partial charge is 0.494 e. The van der Waals surface area contributed by atoms with Gasteiger partial charge in [0, 0.05) is 11.1 Å². The summed E-state index contributed by atoms with van der Waals surface area (Å²) in [6.07, 6.45) is 2.62. The van der Waals surface area contributed by atoms with Gasteiger partial charge >= 0.3 is 0 Å². The lowest BCUT2D eigenvalue weighted by Crippen LogP contribution is -2.50. The molecule has 1 N–H and O–H groups in total. The van der Waals surface area contributed by atoms with E-state index in [0.29, 0.717) is 6.61 Å². The minimum Gasteiger partial charge on any atom is -0.494 e. The highest BCUT2D eigenvalue weighted by Gasteiger charge is 2.37. The number of likely N-dealkylation sites (N-methyl/N-ethyl adjacent to an activating group) is 1. The topological polar surface area (TPSA) is 24.5 Å². The monoisotopic (exact) mass is 276 g/mol. The van der Waals surface area contributed by atoms with Crippen LogP contribution in [0.3, 0.4) is 0 Å². The van der Waals surface area contributed by atoms with Crippen molar-refractivity contribution in [2.24, 2.45) is 0 Å². The van der Waals surface area contributed by atoms with Crippen molar-refractivity contribution in [1.29, 1.82) is 0 Å². The fourth-order valence-corrected chi connectivity index (χ4v) is 3.37. The third-order valence-electron chi connectivity index (χ3n) is 4.45. The van der Waals surface area contributed by atoms with Crippen molar-refractivity contribution in [3.05, 3.63) is 29.8 Å². The molecule has 0 spiro atoms. The predicted octanol–water partition coefficient (Wildman–Crippen LogP) is 3.22. The zero-order valence-electron chi connectivity index (χ0n) is 13.3. The molecule has 1 unspecified atom stereocenters. The van der Waals surface area contributed by atoms with Gasteiger partial charge in [-0.05, 0) is 59.8 Å². The van der Waals surface area contributed by atoms with E-state index in [2.05, 4.69) is 42.3 Å². The van der Waals surface area contributed by atoms with Crippen LogP contribution in [0.15, 0.2) is 24.3 Å². The standard InChI is InChI=1S/C17H28N2O/c1-5-20-15-11-7-6-10-14(15)16(18-4)17(2,3)19-12-8-9-13-19/h6-7,10-11,16,18H,5,8-9,12-13H2,1-4H3. The van der Waals surface area contributed by atoms with Crippen molar-refractivity contribution >= 4 is 0 Å². The highest BCUT2D eigenvalue weighted by molar-refractivity contribution is 5.37. The first-order valence-corrected chi connectivity index (χ1v) is 7.75. The smallest absolute Gasteiger partial charge is 0.124 e. The van der Waals surface area contributed by atoms with E-state index in [1.54, 1.807) is 0 Å². The third kappa shape index (κ3) is 2.99. The quantitative estimate of drug-likeness (QED) is 0.863. The molecule has 20 heavy (non-hydrogen) atoms.